The smallest absolute Gasteiger partial charge is 0.246 e. The number of carbonyl (C=O) groups is 1. The van der Waals surface area contributed by atoms with Gasteiger partial charge < -0.3 is 15.4 Å². The quantitative estimate of drug-likeness (QED) is 0.818. The van der Waals surface area contributed by atoms with Crippen molar-refractivity contribution in [1.82, 2.24) is 0 Å². The van der Waals surface area contributed by atoms with Crippen molar-refractivity contribution in [3.05, 3.63) is 53.6 Å². The highest BCUT2D eigenvalue weighted by Crippen LogP contribution is 2.25. The van der Waals surface area contributed by atoms with Crippen LogP contribution in [0.3, 0.4) is 0 Å². The highest BCUT2D eigenvalue weighted by Gasteiger charge is 2.15. The molecule has 2 rings (SSSR count). The molecule has 2 aromatic carbocycles. The maximum Gasteiger partial charge on any atom is 0.246 e. The number of nitrogens with one attached hydrogen (secondary N) is 2. The third-order valence-corrected chi connectivity index (χ3v) is 3.97. The number of methoxy groups -OCH3 is 1. The third-order valence-electron chi connectivity index (χ3n) is 3.97. The lowest BCUT2D eigenvalue weighted by Crippen LogP contribution is -2.32. The minimum atomic E-state index is -0.361. The highest BCUT2D eigenvalue weighted by molar-refractivity contribution is 5.97. The molecule has 0 unspecified atom stereocenters. The molecule has 2 N–H and O–H groups in total. The van der Waals surface area contributed by atoms with E-state index in [4.69, 9.17) is 4.74 Å². The molecule has 0 bridgehead atoms. The van der Waals surface area contributed by atoms with Gasteiger partial charge in [-0.2, -0.15) is 0 Å². The molecular formula is C20H26N2O2. The molecular weight excluding hydrogens is 300 g/mol. The summed E-state index contributed by atoms with van der Waals surface area (Å²) >= 11 is 0. The number of rotatable bonds is 6. The lowest BCUT2D eigenvalue weighted by Gasteiger charge is -2.17. The second-order valence-corrected chi connectivity index (χ2v) is 6.34. The van der Waals surface area contributed by atoms with E-state index in [2.05, 4.69) is 36.6 Å². The van der Waals surface area contributed by atoms with Crippen molar-refractivity contribution in [3.8, 4) is 5.75 Å². The lowest BCUT2D eigenvalue weighted by molar-refractivity contribution is -0.116. The minimum Gasteiger partial charge on any atom is -0.495 e. The van der Waals surface area contributed by atoms with Gasteiger partial charge >= 0.3 is 0 Å². The average molecular weight is 326 g/mol. The molecule has 1 atom stereocenters. The molecule has 0 radical (unpaired) electrons. The van der Waals surface area contributed by atoms with E-state index in [0.717, 1.165) is 11.3 Å². The molecule has 0 aromatic heterocycles. The summed E-state index contributed by atoms with van der Waals surface area (Å²) in [6.07, 6.45) is 0. The normalized spacial score (nSPS) is 11.9. The van der Waals surface area contributed by atoms with Crippen LogP contribution in [0.25, 0.3) is 0 Å². The zero-order valence-electron chi connectivity index (χ0n) is 15.0. The van der Waals surface area contributed by atoms with Crippen molar-refractivity contribution in [3.63, 3.8) is 0 Å². The van der Waals surface area contributed by atoms with Crippen molar-refractivity contribution in [2.75, 3.05) is 17.7 Å². The first-order valence-electron chi connectivity index (χ1n) is 8.22. The van der Waals surface area contributed by atoms with Gasteiger partial charge in [0.1, 0.15) is 11.8 Å². The van der Waals surface area contributed by atoms with Crippen LogP contribution in [0, 0.1) is 6.92 Å². The van der Waals surface area contributed by atoms with Gasteiger partial charge in [0.05, 0.1) is 12.8 Å². The predicted molar refractivity (Wildman–Crippen MR) is 100.0 cm³/mol. The van der Waals surface area contributed by atoms with Crippen molar-refractivity contribution in [2.24, 2.45) is 0 Å². The van der Waals surface area contributed by atoms with E-state index < -0.39 is 0 Å². The van der Waals surface area contributed by atoms with E-state index in [9.17, 15) is 4.79 Å². The molecule has 0 saturated heterocycles. The Hall–Kier alpha value is -2.49. The zero-order valence-corrected chi connectivity index (χ0v) is 15.0. The summed E-state index contributed by atoms with van der Waals surface area (Å²) in [5.74, 6) is 1.04. The molecule has 4 nitrogen and oxygen atoms in total. The summed E-state index contributed by atoms with van der Waals surface area (Å²) in [5.41, 5.74) is 3.96. The maximum absolute atomic E-state index is 12.4. The molecule has 0 heterocycles. The second-order valence-electron chi connectivity index (χ2n) is 6.34. The molecule has 1 amide bonds. The van der Waals surface area contributed by atoms with E-state index in [1.165, 1.54) is 5.56 Å². The summed E-state index contributed by atoms with van der Waals surface area (Å²) in [6, 6.07) is 13.5. The molecule has 0 fully saturated rings. The largest absolute Gasteiger partial charge is 0.495 e. The standard InChI is InChI=1S/C20H26N2O2/c1-13(2)16-7-9-17(10-8-16)21-15(4)20(23)22-18-12-14(3)6-11-19(18)24-5/h6-13,15,21H,1-5H3,(H,22,23)/t15-/m1/s1. The molecule has 0 aliphatic carbocycles. The van der Waals surface area contributed by atoms with Gasteiger partial charge in [-0.25, -0.2) is 0 Å². The van der Waals surface area contributed by atoms with Gasteiger partial charge in [-0.05, 0) is 55.2 Å². The Kier molecular flexibility index (Phi) is 5.85. The third kappa shape index (κ3) is 4.51. The van der Waals surface area contributed by atoms with E-state index in [0.29, 0.717) is 17.4 Å². The maximum atomic E-state index is 12.4. The number of anilines is 2. The number of hydrogen-bond donors (Lipinski definition) is 2. The van der Waals surface area contributed by atoms with E-state index in [1.54, 1.807) is 7.11 Å². The van der Waals surface area contributed by atoms with Gasteiger partial charge in [0.25, 0.3) is 0 Å². The molecule has 4 heteroatoms. The average Bonchev–Trinajstić information content (AvgIpc) is 2.55. The fourth-order valence-electron chi connectivity index (χ4n) is 2.44. The first-order chi connectivity index (χ1) is 11.4. The molecule has 0 saturated carbocycles. The Balaban J connectivity index is 2.03. The van der Waals surface area contributed by atoms with Gasteiger partial charge in [-0.1, -0.05) is 32.0 Å². The minimum absolute atomic E-state index is 0.105. The van der Waals surface area contributed by atoms with E-state index in [1.807, 2.05) is 44.2 Å². The molecule has 0 spiro atoms. The van der Waals surface area contributed by atoms with Gasteiger partial charge in [0.2, 0.25) is 5.91 Å². The number of ether oxygens (including phenoxy) is 1. The van der Waals surface area contributed by atoms with Gasteiger partial charge in [-0.3, -0.25) is 4.79 Å². The van der Waals surface area contributed by atoms with Gasteiger partial charge in [0, 0.05) is 5.69 Å². The number of hydrogen-bond acceptors (Lipinski definition) is 3. The van der Waals surface area contributed by atoms with Crippen molar-refractivity contribution in [1.29, 1.82) is 0 Å². The van der Waals surface area contributed by atoms with Crippen LogP contribution in [0.4, 0.5) is 11.4 Å². The van der Waals surface area contributed by atoms with Gasteiger partial charge in [-0.15, -0.1) is 0 Å². The SMILES string of the molecule is COc1ccc(C)cc1NC(=O)[C@@H](C)Nc1ccc(C(C)C)cc1. The fraction of sp³-hybridized carbons (Fsp3) is 0.350. The molecule has 24 heavy (non-hydrogen) atoms. The molecule has 128 valence electrons. The number of aryl methyl sites for hydroxylation is 1. The van der Waals surface area contributed by atoms with Crippen molar-refractivity contribution < 1.29 is 9.53 Å². The number of benzene rings is 2. The Morgan fingerprint density at radius 2 is 1.71 bits per heavy atom. The highest BCUT2D eigenvalue weighted by atomic mass is 16.5. The summed E-state index contributed by atoms with van der Waals surface area (Å²) in [7, 11) is 1.60. The summed E-state index contributed by atoms with van der Waals surface area (Å²) in [5, 5.41) is 6.15. The van der Waals surface area contributed by atoms with E-state index >= 15 is 0 Å². The topological polar surface area (TPSA) is 50.4 Å². The Morgan fingerprint density at radius 1 is 1.04 bits per heavy atom. The Morgan fingerprint density at radius 3 is 2.29 bits per heavy atom. The number of amides is 1. The molecule has 0 aliphatic heterocycles. The van der Waals surface area contributed by atoms with Crippen LogP contribution in [-0.2, 0) is 4.79 Å². The lowest BCUT2D eigenvalue weighted by atomic mass is 10.0. The van der Waals surface area contributed by atoms with Crippen LogP contribution in [0.2, 0.25) is 0 Å². The Bertz CT molecular complexity index is 693. The zero-order chi connectivity index (χ0) is 17.7. The first kappa shape index (κ1) is 17.9. The molecule has 2 aromatic rings. The van der Waals surface area contributed by atoms with Crippen molar-refractivity contribution in [2.45, 2.75) is 39.7 Å². The fourth-order valence-corrected chi connectivity index (χ4v) is 2.44. The van der Waals surface area contributed by atoms with Crippen LogP contribution < -0.4 is 15.4 Å². The second kappa shape index (κ2) is 7.86. The Labute approximate surface area is 144 Å². The van der Waals surface area contributed by atoms with Crippen LogP contribution in [0.1, 0.15) is 37.8 Å². The predicted octanol–water partition coefficient (Wildman–Crippen LogP) is 4.57. The monoisotopic (exact) mass is 326 g/mol. The van der Waals surface area contributed by atoms with Crippen LogP contribution in [0.15, 0.2) is 42.5 Å². The summed E-state index contributed by atoms with van der Waals surface area (Å²) in [4.78, 5) is 12.4. The van der Waals surface area contributed by atoms with Crippen molar-refractivity contribution >= 4 is 17.3 Å². The molecule has 0 aliphatic rings. The summed E-state index contributed by atoms with van der Waals surface area (Å²) in [6.45, 7) is 8.14. The first-order valence-corrected chi connectivity index (χ1v) is 8.22. The van der Waals surface area contributed by atoms with E-state index in [-0.39, 0.29) is 11.9 Å². The van der Waals surface area contributed by atoms with Crippen LogP contribution in [-0.4, -0.2) is 19.1 Å². The van der Waals surface area contributed by atoms with Crippen LogP contribution in [0.5, 0.6) is 5.75 Å². The van der Waals surface area contributed by atoms with Gasteiger partial charge in [0.15, 0.2) is 0 Å². The summed E-state index contributed by atoms with van der Waals surface area (Å²) < 4.78 is 5.30. The number of carbonyl (C=O) groups excluding carboxylic acids is 1. The van der Waals surface area contributed by atoms with Crippen LogP contribution >= 0.6 is 0 Å².